The second-order valence-electron chi connectivity index (χ2n) is 16.0. The highest BCUT2D eigenvalue weighted by Crippen LogP contribution is 2.57. The lowest BCUT2D eigenvalue weighted by atomic mass is 9.67. The van der Waals surface area contributed by atoms with Crippen LogP contribution in [0.4, 0.5) is 17.1 Å². The lowest BCUT2D eigenvalue weighted by Gasteiger charge is -2.35. The first-order valence-corrected chi connectivity index (χ1v) is 21.0. The fraction of sp³-hybridized carbons (Fsp3) is 0.0169. The molecule has 0 spiro atoms. The van der Waals surface area contributed by atoms with E-state index in [1.165, 1.54) is 55.3 Å². The molecule has 12 rings (SSSR count). The second-order valence-corrected chi connectivity index (χ2v) is 16.0. The van der Waals surface area contributed by atoms with E-state index in [9.17, 15) is 0 Å². The summed E-state index contributed by atoms with van der Waals surface area (Å²) in [6, 6.07) is 85.8. The van der Waals surface area contributed by atoms with E-state index in [1.54, 1.807) is 0 Å². The van der Waals surface area contributed by atoms with Crippen molar-refractivity contribution in [3.8, 4) is 33.4 Å². The van der Waals surface area contributed by atoms with Gasteiger partial charge in [0.15, 0.2) is 0 Å². The molecule has 0 radical (unpaired) electrons. The third kappa shape index (κ3) is 5.43. The van der Waals surface area contributed by atoms with E-state index in [1.807, 2.05) is 0 Å². The molecule has 0 aliphatic heterocycles. The van der Waals surface area contributed by atoms with Crippen LogP contribution in [0.1, 0.15) is 22.3 Å². The molecule has 11 aromatic rings. The Hall–Kier alpha value is -7.94. The zero-order valence-electron chi connectivity index (χ0n) is 33.4. The van der Waals surface area contributed by atoms with Gasteiger partial charge < -0.3 is 9.32 Å². The Bertz CT molecular complexity index is 3350. The lowest BCUT2D eigenvalue weighted by molar-refractivity contribution is 0.670. The molecular formula is C59H39NO. The van der Waals surface area contributed by atoms with Gasteiger partial charge in [0.2, 0.25) is 0 Å². The number of nitrogens with zero attached hydrogens (tertiary/aromatic N) is 1. The summed E-state index contributed by atoms with van der Waals surface area (Å²) in [4.78, 5) is 2.42. The molecule has 10 aromatic carbocycles. The van der Waals surface area contributed by atoms with Gasteiger partial charge in [-0.05, 0) is 103 Å². The standard InChI is InChI=1S/C59H39NO/c1-5-18-40(19-6-1)41-32-34-42(35-33-41)56-48-27-14-13-20-43(48)38-51-57-54(30-17-31-55(57)61-58(51)56)60(46-25-11-4-12-26-46)47-36-37-50-49-28-15-16-29-52(49)59(53(50)39-47,44-21-7-2-8-22-44)45-23-9-3-10-24-45/h1-39H. The maximum atomic E-state index is 7.06. The quantitative estimate of drug-likeness (QED) is 0.160. The average Bonchev–Trinajstić information content (AvgIpc) is 3.86. The van der Waals surface area contributed by atoms with Gasteiger partial charge in [0, 0.05) is 22.3 Å². The summed E-state index contributed by atoms with van der Waals surface area (Å²) in [5.74, 6) is 0. The summed E-state index contributed by atoms with van der Waals surface area (Å²) >= 11 is 0. The lowest BCUT2D eigenvalue weighted by Crippen LogP contribution is -2.28. The smallest absolute Gasteiger partial charge is 0.143 e. The topological polar surface area (TPSA) is 16.4 Å². The van der Waals surface area contributed by atoms with Gasteiger partial charge in [0.05, 0.1) is 16.5 Å². The van der Waals surface area contributed by atoms with Gasteiger partial charge in [-0.15, -0.1) is 0 Å². The minimum Gasteiger partial charge on any atom is -0.455 e. The van der Waals surface area contributed by atoms with Crippen molar-refractivity contribution in [2.75, 3.05) is 4.90 Å². The first-order chi connectivity index (χ1) is 30.3. The van der Waals surface area contributed by atoms with Crippen molar-refractivity contribution >= 4 is 49.8 Å². The molecule has 0 N–H and O–H groups in total. The van der Waals surface area contributed by atoms with Gasteiger partial charge in [-0.2, -0.15) is 0 Å². The number of hydrogen-bond acceptors (Lipinski definition) is 2. The van der Waals surface area contributed by atoms with Crippen LogP contribution in [0.5, 0.6) is 0 Å². The number of furan rings is 1. The highest BCUT2D eigenvalue weighted by molar-refractivity contribution is 6.22. The Labute approximate surface area is 355 Å². The van der Waals surface area contributed by atoms with Crippen LogP contribution in [0, 0.1) is 0 Å². The maximum absolute atomic E-state index is 7.06. The van der Waals surface area contributed by atoms with Gasteiger partial charge in [0.1, 0.15) is 11.2 Å². The second kappa shape index (κ2) is 14.1. The van der Waals surface area contributed by atoms with Crippen LogP contribution in [-0.4, -0.2) is 0 Å². The number of anilines is 3. The normalized spacial score (nSPS) is 12.7. The van der Waals surface area contributed by atoms with Gasteiger partial charge in [0.25, 0.3) is 0 Å². The van der Waals surface area contributed by atoms with E-state index < -0.39 is 5.41 Å². The molecule has 2 nitrogen and oxygen atoms in total. The number of hydrogen-bond donors (Lipinski definition) is 0. The van der Waals surface area contributed by atoms with Crippen molar-refractivity contribution in [2.24, 2.45) is 0 Å². The van der Waals surface area contributed by atoms with E-state index in [2.05, 4.69) is 241 Å². The molecule has 1 aromatic heterocycles. The molecule has 0 amide bonds. The minimum absolute atomic E-state index is 0.523. The Morgan fingerprint density at radius 1 is 0.377 bits per heavy atom. The summed E-state index contributed by atoms with van der Waals surface area (Å²) in [6.07, 6.45) is 0. The molecular weight excluding hydrogens is 739 g/mol. The summed E-state index contributed by atoms with van der Waals surface area (Å²) in [7, 11) is 0. The fourth-order valence-electron chi connectivity index (χ4n) is 10.1. The first kappa shape index (κ1) is 35.0. The molecule has 61 heavy (non-hydrogen) atoms. The summed E-state index contributed by atoms with van der Waals surface area (Å²) in [5.41, 5.74) is 16.6. The zero-order valence-corrected chi connectivity index (χ0v) is 33.4. The summed E-state index contributed by atoms with van der Waals surface area (Å²) in [6.45, 7) is 0. The number of rotatable bonds is 7. The monoisotopic (exact) mass is 777 g/mol. The van der Waals surface area contributed by atoms with E-state index in [4.69, 9.17) is 4.42 Å². The highest BCUT2D eigenvalue weighted by Gasteiger charge is 2.46. The molecule has 1 aliphatic carbocycles. The van der Waals surface area contributed by atoms with E-state index >= 15 is 0 Å². The van der Waals surface area contributed by atoms with E-state index in [0.29, 0.717) is 0 Å². The number of para-hydroxylation sites is 1. The van der Waals surface area contributed by atoms with Crippen molar-refractivity contribution in [2.45, 2.75) is 5.41 Å². The molecule has 286 valence electrons. The van der Waals surface area contributed by atoms with Crippen LogP contribution in [-0.2, 0) is 5.41 Å². The molecule has 0 bridgehead atoms. The largest absolute Gasteiger partial charge is 0.455 e. The van der Waals surface area contributed by atoms with Crippen LogP contribution in [0.25, 0.3) is 66.1 Å². The SMILES string of the molecule is c1ccc(-c2ccc(-c3c4ccccc4cc4c3oc3cccc(N(c5ccccc5)c5ccc6c(c5)C(c5ccccc5)(c5ccccc5)c5ccccc5-6)c34)cc2)cc1. The first-order valence-electron chi connectivity index (χ1n) is 21.0. The molecule has 0 saturated heterocycles. The molecule has 0 unspecified atom stereocenters. The average molecular weight is 778 g/mol. The van der Waals surface area contributed by atoms with E-state index in [-0.39, 0.29) is 0 Å². The Balaban J connectivity index is 1.11. The zero-order chi connectivity index (χ0) is 40.3. The van der Waals surface area contributed by atoms with Crippen LogP contribution < -0.4 is 4.90 Å². The van der Waals surface area contributed by atoms with Crippen molar-refractivity contribution < 1.29 is 4.42 Å². The van der Waals surface area contributed by atoms with Crippen molar-refractivity contribution in [1.29, 1.82) is 0 Å². The van der Waals surface area contributed by atoms with Crippen molar-refractivity contribution in [1.82, 2.24) is 0 Å². The number of fused-ring (bicyclic) bond motifs is 7. The molecule has 2 heteroatoms. The molecule has 0 atom stereocenters. The van der Waals surface area contributed by atoms with E-state index in [0.717, 1.165) is 50.1 Å². The van der Waals surface area contributed by atoms with Gasteiger partial charge >= 0.3 is 0 Å². The summed E-state index contributed by atoms with van der Waals surface area (Å²) in [5, 5.41) is 4.50. The highest BCUT2D eigenvalue weighted by atomic mass is 16.3. The van der Waals surface area contributed by atoms with Crippen LogP contribution in [0.2, 0.25) is 0 Å². The Morgan fingerprint density at radius 2 is 0.967 bits per heavy atom. The van der Waals surface area contributed by atoms with Gasteiger partial charge in [-0.25, -0.2) is 0 Å². The fourth-order valence-corrected chi connectivity index (χ4v) is 10.1. The van der Waals surface area contributed by atoms with Gasteiger partial charge in [-0.1, -0.05) is 194 Å². The third-order valence-corrected chi connectivity index (χ3v) is 12.7. The molecule has 0 fully saturated rings. The predicted octanol–water partition coefficient (Wildman–Crippen LogP) is 15.9. The Kier molecular flexibility index (Phi) is 8.11. The van der Waals surface area contributed by atoms with Crippen molar-refractivity contribution in [3.63, 3.8) is 0 Å². The minimum atomic E-state index is -0.523. The molecule has 1 aliphatic rings. The van der Waals surface area contributed by atoms with Crippen LogP contribution in [0.3, 0.4) is 0 Å². The summed E-state index contributed by atoms with van der Waals surface area (Å²) < 4.78 is 7.06. The number of benzene rings is 10. The molecule has 1 heterocycles. The van der Waals surface area contributed by atoms with Gasteiger partial charge in [-0.3, -0.25) is 0 Å². The van der Waals surface area contributed by atoms with Crippen LogP contribution in [0.15, 0.2) is 241 Å². The van der Waals surface area contributed by atoms with Crippen molar-refractivity contribution in [3.05, 3.63) is 259 Å². The predicted molar refractivity (Wildman–Crippen MR) is 254 cm³/mol. The molecule has 0 saturated carbocycles. The Morgan fingerprint density at radius 3 is 1.70 bits per heavy atom. The van der Waals surface area contributed by atoms with Crippen LogP contribution >= 0.6 is 0 Å². The maximum Gasteiger partial charge on any atom is 0.143 e. The third-order valence-electron chi connectivity index (χ3n) is 12.7.